The Balaban J connectivity index is 2.33. The first kappa shape index (κ1) is 13.5. The summed E-state index contributed by atoms with van der Waals surface area (Å²) < 4.78 is 10.4. The second-order valence-corrected chi connectivity index (χ2v) is 4.43. The molecule has 102 valence electrons. The molecule has 2 rings (SSSR count). The van der Waals surface area contributed by atoms with Crippen molar-refractivity contribution in [2.24, 2.45) is 0 Å². The second-order valence-electron chi connectivity index (χ2n) is 4.43. The molecule has 1 N–H and O–H groups in total. The van der Waals surface area contributed by atoms with E-state index in [1.54, 1.807) is 18.3 Å². The van der Waals surface area contributed by atoms with Gasteiger partial charge in [-0.05, 0) is 30.9 Å². The van der Waals surface area contributed by atoms with Crippen LogP contribution in [0.1, 0.15) is 35.2 Å². The third-order valence-electron chi connectivity index (χ3n) is 3.24. The molecule has 1 aliphatic rings. The highest BCUT2D eigenvalue weighted by Crippen LogP contribution is 2.28. The summed E-state index contributed by atoms with van der Waals surface area (Å²) in [7, 11) is 1.30. The van der Waals surface area contributed by atoms with E-state index >= 15 is 0 Å². The van der Waals surface area contributed by atoms with Gasteiger partial charge >= 0.3 is 5.97 Å². The molecule has 0 spiro atoms. The van der Waals surface area contributed by atoms with E-state index in [1.807, 2.05) is 0 Å². The molecule has 19 heavy (non-hydrogen) atoms. The number of aliphatic hydroxyl groups is 1. The zero-order valence-corrected chi connectivity index (χ0v) is 10.8. The van der Waals surface area contributed by atoms with E-state index in [2.05, 4.69) is 11.6 Å². The average Bonchev–Trinajstić information content (AvgIpc) is 2.83. The number of rotatable bonds is 4. The Hall–Kier alpha value is -1.88. The molecular formula is C14H17NO4. The first-order chi connectivity index (χ1) is 9.17. The van der Waals surface area contributed by atoms with E-state index in [0.717, 1.165) is 12.8 Å². The highest BCUT2D eigenvalue weighted by Gasteiger charge is 2.29. The number of hydrogen-bond acceptors (Lipinski definition) is 5. The molecule has 1 fully saturated rings. The van der Waals surface area contributed by atoms with E-state index in [9.17, 15) is 9.90 Å². The van der Waals surface area contributed by atoms with Gasteiger partial charge in [0.25, 0.3) is 0 Å². The summed E-state index contributed by atoms with van der Waals surface area (Å²) in [5, 5.41) is 9.77. The van der Waals surface area contributed by atoms with Gasteiger partial charge in [-0.3, -0.25) is 0 Å². The normalized spacial score (nSPS) is 22.0. The first-order valence-electron chi connectivity index (χ1n) is 6.22. The van der Waals surface area contributed by atoms with E-state index in [0.29, 0.717) is 12.0 Å². The monoisotopic (exact) mass is 263 g/mol. The standard InChI is InChI=1S/C14H17NO4/c1-3-9-7-8-15-13(12(9)14(17)18-2)19-11-6-4-5-10(11)16/h3,7-8,10-11,16H,1,4-6H2,2H3. The van der Waals surface area contributed by atoms with Gasteiger partial charge < -0.3 is 14.6 Å². The molecule has 2 atom stereocenters. The summed E-state index contributed by atoms with van der Waals surface area (Å²) >= 11 is 0. The maximum absolute atomic E-state index is 11.8. The van der Waals surface area contributed by atoms with Crippen LogP contribution >= 0.6 is 0 Å². The van der Waals surface area contributed by atoms with E-state index in [4.69, 9.17) is 9.47 Å². The first-order valence-corrected chi connectivity index (χ1v) is 6.22. The molecule has 0 radical (unpaired) electrons. The van der Waals surface area contributed by atoms with Gasteiger partial charge in [0.2, 0.25) is 5.88 Å². The minimum Gasteiger partial charge on any atom is -0.471 e. The lowest BCUT2D eigenvalue weighted by Crippen LogP contribution is -2.27. The number of hydrogen-bond donors (Lipinski definition) is 1. The van der Waals surface area contributed by atoms with Gasteiger partial charge in [0.05, 0.1) is 13.2 Å². The Labute approximate surface area is 111 Å². The van der Waals surface area contributed by atoms with Crippen molar-refractivity contribution in [1.29, 1.82) is 0 Å². The minimum absolute atomic E-state index is 0.190. The molecule has 0 amide bonds. The predicted molar refractivity (Wildman–Crippen MR) is 69.9 cm³/mol. The number of esters is 1. The smallest absolute Gasteiger partial charge is 0.344 e. The third kappa shape index (κ3) is 2.76. The number of carbonyl (C=O) groups is 1. The third-order valence-corrected chi connectivity index (χ3v) is 3.24. The number of nitrogens with zero attached hydrogens (tertiary/aromatic N) is 1. The molecular weight excluding hydrogens is 246 g/mol. The molecule has 1 aliphatic carbocycles. The van der Waals surface area contributed by atoms with Crippen molar-refractivity contribution >= 4 is 12.0 Å². The molecule has 1 heterocycles. The quantitative estimate of drug-likeness (QED) is 0.839. The summed E-state index contributed by atoms with van der Waals surface area (Å²) in [6, 6.07) is 1.66. The number of aromatic nitrogens is 1. The van der Waals surface area contributed by atoms with Crippen molar-refractivity contribution in [3.8, 4) is 5.88 Å². The predicted octanol–water partition coefficient (Wildman–Crippen LogP) is 1.80. The Bertz CT molecular complexity index is 486. The summed E-state index contributed by atoms with van der Waals surface area (Å²) in [4.78, 5) is 15.9. The lowest BCUT2D eigenvalue weighted by Gasteiger charge is -2.18. The van der Waals surface area contributed by atoms with E-state index in [1.165, 1.54) is 7.11 Å². The highest BCUT2D eigenvalue weighted by atomic mass is 16.5. The zero-order chi connectivity index (χ0) is 13.8. The Morgan fingerprint density at radius 2 is 2.37 bits per heavy atom. The van der Waals surface area contributed by atoms with Crippen LogP contribution < -0.4 is 4.74 Å². The molecule has 1 aromatic rings. The van der Waals surface area contributed by atoms with Crippen LogP contribution in [0.2, 0.25) is 0 Å². The largest absolute Gasteiger partial charge is 0.471 e. The summed E-state index contributed by atoms with van der Waals surface area (Å²) in [5.74, 6) is -0.333. The maximum Gasteiger partial charge on any atom is 0.344 e. The summed E-state index contributed by atoms with van der Waals surface area (Å²) in [5.41, 5.74) is 0.850. The van der Waals surface area contributed by atoms with Crippen molar-refractivity contribution in [2.45, 2.75) is 31.5 Å². The number of carbonyl (C=O) groups excluding carboxylic acids is 1. The Morgan fingerprint density at radius 3 is 2.95 bits per heavy atom. The zero-order valence-electron chi connectivity index (χ0n) is 10.8. The molecule has 0 aromatic carbocycles. The van der Waals surface area contributed by atoms with Gasteiger partial charge in [0.15, 0.2) is 0 Å². The van der Waals surface area contributed by atoms with Crippen LogP contribution in [0.3, 0.4) is 0 Å². The van der Waals surface area contributed by atoms with E-state index in [-0.39, 0.29) is 17.5 Å². The fraction of sp³-hybridized carbons (Fsp3) is 0.429. The number of pyridine rings is 1. The minimum atomic E-state index is -0.523. The maximum atomic E-state index is 11.8. The van der Waals surface area contributed by atoms with Gasteiger partial charge in [-0.25, -0.2) is 9.78 Å². The summed E-state index contributed by atoms with van der Waals surface area (Å²) in [6.07, 6.45) is 4.61. The molecule has 1 aromatic heterocycles. The highest BCUT2D eigenvalue weighted by molar-refractivity contribution is 5.95. The average molecular weight is 263 g/mol. The van der Waals surface area contributed by atoms with Gasteiger partial charge in [0, 0.05) is 6.20 Å². The van der Waals surface area contributed by atoms with Crippen LogP contribution in [0.15, 0.2) is 18.8 Å². The van der Waals surface area contributed by atoms with Gasteiger partial charge in [-0.2, -0.15) is 0 Å². The number of aliphatic hydroxyl groups excluding tert-OH is 1. The van der Waals surface area contributed by atoms with Crippen LogP contribution in [-0.4, -0.2) is 35.4 Å². The second kappa shape index (κ2) is 5.84. The Kier molecular flexibility index (Phi) is 4.16. The topological polar surface area (TPSA) is 68.7 Å². The van der Waals surface area contributed by atoms with Crippen LogP contribution in [0, 0.1) is 0 Å². The molecule has 0 aliphatic heterocycles. The van der Waals surface area contributed by atoms with Crippen molar-refractivity contribution in [2.75, 3.05) is 7.11 Å². The lowest BCUT2D eigenvalue weighted by molar-refractivity contribution is 0.0502. The van der Waals surface area contributed by atoms with Crippen LogP contribution in [-0.2, 0) is 4.74 Å². The van der Waals surface area contributed by atoms with Gasteiger partial charge in [-0.15, -0.1) is 0 Å². The van der Waals surface area contributed by atoms with E-state index < -0.39 is 12.1 Å². The molecule has 5 heteroatoms. The summed E-state index contributed by atoms with van der Waals surface area (Å²) in [6.45, 7) is 3.66. The van der Waals surface area contributed by atoms with Crippen LogP contribution in [0.4, 0.5) is 0 Å². The molecule has 0 bridgehead atoms. The van der Waals surface area contributed by atoms with Gasteiger partial charge in [-0.1, -0.05) is 12.7 Å². The molecule has 1 saturated carbocycles. The Morgan fingerprint density at radius 1 is 1.58 bits per heavy atom. The van der Waals surface area contributed by atoms with Gasteiger partial charge in [0.1, 0.15) is 11.7 Å². The van der Waals surface area contributed by atoms with Crippen LogP contribution in [0.5, 0.6) is 5.88 Å². The lowest BCUT2D eigenvalue weighted by atomic mass is 10.1. The van der Waals surface area contributed by atoms with Crippen molar-refractivity contribution in [3.05, 3.63) is 30.0 Å². The SMILES string of the molecule is C=Cc1ccnc(OC2CCCC2O)c1C(=O)OC. The van der Waals surface area contributed by atoms with Crippen molar-refractivity contribution in [1.82, 2.24) is 4.98 Å². The molecule has 0 saturated heterocycles. The fourth-order valence-corrected chi connectivity index (χ4v) is 2.21. The molecule has 2 unspecified atom stereocenters. The molecule has 5 nitrogen and oxygen atoms in total. The fourth-order valence-electron chi connectivity index (χ4n) is 2.21. The number of methoxy groups -OCH3 is 1. The number of ether oxygens (including phenoxy) is 2. The van der Waals surface area contributed by atoms with Crippen molar-refractivity contribution in [3.63, 3.8) is 0 Å². The van der Waals surface area contributed by atoms with Crippen molar-refractivity contribution < 1.29 is 19.4 Å². The van der Waals surface area contributed by atoms with Crippen LogP contribution in [0.25, 0.3) is 6.08 Å².